The van der Waals surface area contributed by atoms with Crippen molar-refractivity contribution in [2.75, 3.05) is 13.1 Å². The Morgan fingerprint density at radius 1 is 1.08 bits per heavy atom. The molecule has 1 amide bonds. The summed E-state index contributed by atoms with van der Waals surface area (Å²) in [6.07, 6.45) is 0.819. The molecule has 0 saturated carbocycles. The van der Waals surface area contributed by atoms with Crippen LogP contribution in [-0.4, -0.2) is 19.0 Å². The third-order valence-electron chi connectivity index (χ3n) is 4.51. The highest BCUT2D eigenvalue weighted by Gasteiger charge is 2.26. The van der Waals surface area contributed by atoms with Gasteiger partial charge in [-0.3, -0.25) is 4.79 Å². The van der Waals surface area contributed by atoms with E-state index in [9.17, 15) is 9.18 Å². The van der Waals surface area contributed by atoms with Crippen LogP contribution in [0.2, 0.25) is 0 Å². The standard InChI is InChI=1S/C22H29FN2O/c1-16-7-5-6-8-17(16)13-14-24-20(26)15-25-21(22(2,3)4)18-9-11-19(23)12-10-18/h5-12,21,25H,13-15H2,1-4H3,(H,24,26). The predicted octanol–water partition coefficient (Wildman–Crippen LogP) is 4.17. The number of benzene rings is 2. The molecule has 3 nitrogen and oxygen atoms in total. The van der Waals surface area contributed by atoms with E-state index in [1.807, 2.05) is 12.1 Å². The molecule has 0 spiro atoms. The van der Waals surface area contributed by atoms with E-state index >= 15 is 0 Å². The summed E-state index contributed by atoms with van der Waals surface area (Å²) in [6, 6.07) is 14.6. The number of aryl methyl sites for hydroxylation is 1. The van der Waals surface area contributed by atoms with Gasteiger partial charge in [0.15, 0.2) is 0 Å². The average molecular weight is 356 g/mol. The Morgan fingerprint density at radius 2 is 1.73 bits per heavy atom. The van der Waals surface area contributed by atoms with Gasteiger partial charge in [-0.15, -0.1) is 0 Å². The van der Waals surface area contributed by atoms with Crippen molar-refractivity contribution in [3.63, 3.8) is 0 Å². The Morgan fingerprint density at radius 3 is 2.35 bits per heavy atom. The zero-order valence-corrected chi connectivity index (χ0v) is 16.1. The van der Waals surface area contributed by atoms with Gasteiger partial charge in [0, 0.05) is 12.6 Å². The van der Waals surface area contributed by atoms with Crippen molar-refractivity contribution in [3.8, 4) is 0 Å². The Bertz CT molecular complexity index is 720. The van der Waals surface area contributed by atoms with Gasteiger partial charge in [0.2, 0.25) is 5.91 Å². The summed E-state index contributed by atoms with van der Waals surface area (Å²) in [4.78, 5) is 12.2. The lowest BCUT2D eigenvalue weighted by molar-refractivity contribution is -0.120. The molecule has 0 radical (unpaired) electrons. The fourth-order valence-corrected chi connectivity index (χ4v) is 3.06. The number of carbonyl (C=O) groups is 1. The molecule has 0 aliphatic rings. The summed E-state index contributed by atoms with van der Waals surface area (Å²) in [7, 11) is 0. The van der Waals surface area contributed by atoms with Crippen LogP contribution >= 0.6 is 0 Å². The fourth-order valence-electron chi connectivity index (χ4n) is 3.06. The minimum atomic E-state index is -0.254. The predicted molar refractivity (Wildman–Crippen MR) is 104 cm³/mol. The summed E-state index contributed by atoms with van der Waals surface area (Å²) in [6.45, 7) is 9.23. The fraction of sp³-hybridized carbons (Fsp3) is 0.409. The zero-order valence-electron chi connectivity index (χ0n) is 16.1. The number of carbonyl (C=O) groups excluding carboxylic acids is 1. The van der Waals surface area contributed by atoms with Crippen LogP contribution in [0.5, 0.6) is 0 Å². The molecule has 140 valence electrons. The van der Waals surface area contributed by atoms with Crippen LogP contribution in [-0.2, 0) is 11.2 Å². The van der Waals surface area contributed by atoms with E-state index < -0.39 is 0 Å². The Balaban J connectivity index is 1.87. The molecule has 2 aromatic rings. The van der Waals surface area contributed by atoms with Crippen LogP contribution in [0.1, 0.15) is 43.5 Å². The number of nitrogens with one attached hydrogen (secondary N) is 2. The Kier molecular flexibility index (Phi) is 6.92. The molecule has 0 fully saturated rings. The van der Waals surface area contributed by atoms with Gasteiger partial charge in [-0.1, -0.05) is 57.2 Å². The van der Waals surface area contributed by atoms with E-state index in [2.05, 4.69) is 50.5 Å². The van der Waals surface area contributed by atoms with Crippen molar-refractivity contribution in [2.45, 2.75) is 40.2 Å². The first-order chi connectivity index (χ1) is 12.3. The topological polar surface area (TPSA) is 41.1 Å². The first-order valence-electron chi connectivity index (χ1n) is 9.07. The van der Waals surface area contributed by atoms with Gasteiger partial charge in [-0.25, -0.2) is 4.39 Å². The second kappa shape index (κ2) is 8.95. The van der Waals surface area contributed by atoms with Gasteiger partial charge in [0.05, 0.1) is 6.54 Å². The lowest BCUT2D eigenvalue weighted by Gasteiger charge is -2.32. The second-order valence-electron chi connectivity index (χ2n) is 7.76. The smallest absolute Gasteiger partial charge is 0.233 e. The molecule has 26 heavy (non-hydrogen) atoms. The lowest BCUT2D eigenvalue weighted by Crippen LogP contribution is -2.40. The molecule has 0 aliphatic carbocycles. The van der Waals surface area contributed by atoms with Crippen LogP contribution in [0.15, 0.2) is 48.5 Å². The van der Waals surface area contributed by atoms with Crippen molar-refractivity contribution in [2.24, 2.45) is 5.41 Å². The number of halogens is 1. The molecule has 2 rings (SSSR count). The third kappa shape index (κ3) is 5.95. The first kappa shape index (κ1) is 20.1. The van der Waals surface area contributed by atoms with E-state index in [-0.39, 0.29) is 29.7 Å². The molecule has 0 aliphatic heterocycles. The molecule has 0 aromatic heterocycles. The van der Waals surface area contributed by atoms with Crippen LogP contribution in [0.25, 0.3) is 0 Å². The minimum Gasteiger partial charge on any atom is -0.355 e. The van der Waals surface area contributed by atoms with Gasteiger partial charge < -0.3 is 10.6 Å². The van der Waals surface area contributed by atoms with E-state index in [1.54, 1.807) is 12.1 Å². The quantitative estimate of drug-likeness (QED) is 0.782. The first-order valence-corrected chi connectivity index (χ1v) is 9.07. The summed E-state index contributed by atoms with van der Waals surface area (Å²) < 4.78 is 13.2. The molecule has 2 aromatic carbocycles. The highest BCUT2D eigenvalue weighted by molar-refractivity contribution is 5.78. The van der Waals surface area contributed by atoms with Crippen molar-refractivity contribution in [1.29, 1.82) is 0 Å². The average Bonchev–Trinajstić information content (AvgIpc) is 2.57. The van der Waals surface area contributed by atoms with Gasteiger partial charge in [-0.05, 0) is 47.6 Å². The lowest BCUT2D eigenvalue weighted by atomic mass is 9.82. The molecule has 0 heterocycles. The maximum atomic E-state index is 13.2. The van der Waals surface area contributed by atoms with Gasteiger partial charge >= 0.3 is 0 Å². The second-order valence-corrected chi connectivity index (χ2v) is 7.76. The largest absolute Gasteiger partial charge is 0.355 e. The third-order valence-corrected chi connectivity index (χ3v) is 4.51. The van der Waals surface area contributed by atoms with Gasteiger partial charge in [0.1, 0.15) is 5.82 Å². The van der Waals surface area contributed by atoms with Gasteiger partial charge in [0.25, 0.3) is 0 Å². The number of hydrogen-bond acceptors (Lipinski definition) is 2. The normalized spacial score (nSPS) is 12.7. The Hall–Kier alpha value is -2.20. The number of rotatable bonds is 7. The van der Waals surface area contributed by atoms with Crippen LogP contribution in [0.4, 0.5) is 4.39 Å². The highest BCUT2D eigenvalue weighted by atomic mass is 19.1. The molecule has 1 atom stereocenters. The van der Waals surface area contributed by atoms with E-state index in [1.165, 1.54) is 23.3 Å². The summed E-state index contributed by atoms with van der Waals surface area (Å²) >= 11 is 0. The molecule has 4 heteroatoms. The number of amides is 1. The summed E-state index contributed by atoms with van der Waals surface area (Å²) in [5.74, 6) is -0.287. The maximum Gasteiger partial charge on any atom is 0.233 e. The van der Waals surface area contributed by atoms with Crippen molar-refractivity contribution in [3.05, 3.63) is 71.0 Å². The minimum absolute atomic E-state index is 0.0325. The van der Waals surface area contributed by atoms with E-state index in [0.717, 1.165) is 12.0 Å². The molecule has 0 saturated heterocycles. The zero-order chi connectivity index (χ0) is 19.2. The van der Waals surface area contributed by atoms with Crippen LogP contribution < -0.4 is 10.6 Å². The molecule has 1 unspecified atom stereocenters. The van der Waals surface area contributed by atoms with E-state index in [4.69, 9.17) is 0 Å². The summed E-state index contributed by atoms with van der Waals surface area (Å²) in [5.41, 5.74) is 3.37. The van der Waals surface area contributed by atoms with Crippen LogP contribution in [0.3, 0.4) is 0 Å². The maximum absolute atomic E-state index is 13.2. The van der Waals surface area contributed by atoms with Gasteiger partial charge in [-0.2, -0.15) is 0 Å². The van der Waals surface area contributed by atoms with Crippen molar-refractivity contribution >= 4 is 5.91 Å². The SMILES string of the molecule is Cc1ccccc1CCNC(=O)CNC(c1ccc(F)cc1)C(C)(C)C. The molecule has 2 N–H and O–H groups in total. The molecular weight excluding hydrogens is 327 g/mol. The molecule has 0 bridgehead atoms. The van der Waals surface area contributed by atoms with Crippen molar-refractivity contribution < 1.29 is 9.18 Å². The molecular formula is C22H29FN2O. The monoisotopic (exact) mass is 356 g/mol. The number of hydrogen-bond donors (Lipinski definition) is 2. The van der Waals surface area contributed by atoms with Crippen LogP contribution in [0, 0.1) is 18.2 Å². The summed E-state index contributed by atoms with van der Waals surface area (Å²) in [5, 5.41) is 6.29. The van der Waals surface area contributed by atoms with Crippen molar-refractivity contribution in [1.82, 2.24) is 10.6 Å². The van der Waals surface area contributed by atoms with E-state index in [0.29, 0.717) is 6.54 Å². The highest BCUT2D eigenvalue weighted by Crippen LogP contribution is 2.32. The Labute approximate surface area is 156 Å².